The van der Waals surface area contributed by atoms with E-state index in [1.54, 1.807) is 13.1 Å². The number of rotatable bonds is 2. The zero-order chi connectivity index (χ0) is 19.0. The molecule has 0 saturated carbocycles. The van der Waals surface area contributed by atoms with Gasteiger partial charge in [-0.25, -0.2) is 9.97 Å². The molecule has 8 heteroatoms. The minimum atomic E-state index is -1.31. The first kappa shape index (κ1) is 17.5. The van der Waals surface area contributed by atoms with Crippen LogP contribution in [0.3, 0.4) is 0 Å². The molecule has 0 saturated heterocycles. The smallest absolute Gasteiger partial charge is 0.222 e. The number of thiazole rings is 1. The lowest BCUT2D eigenvalue weighted by atomic mass is 10.1. The highest BCUT2D eigenvalue weighted by Crippen LogP contribution is 2.26. The van der Waals surface area contributed by atoms with Gasteiger partial charge in [-0.15, -0.1) is 11.3 Å². The molecule has 1 aromatic carbocycles. The average Bonchev–Trinajstić information content (AvgIpc) is 3.32. The summed E-state index contributed by atoms with van der Waals surface area (Å²) in [6.07, 6.45) is 4.98. The molecule has 0 amide bonds. The minimum Gasteiger partial charge on any atom is -0.371 e. The van der Waals surface area contributed by atoms with E-state index in [0.717, 1.165) is 16.5 Å². The summed E-state index contributed by atoms with van der Waals surface area (Å²) in [5, 5.41) is 14.3. The van der Waals surface area contributed by atoms with Gasteiger partial charge in [-0.05, 0) is 25.1 Å². The third-order valence-electron chi connectivity index (χ3n) is 3.96. The number of nitrogens with two attached hydrogens (primary N) is 1. The van der Waals surface area contributed by atoms with E-state index in [1.165, 1.54) is 17.5 Å². The number of aromatic nitrogens is 4. The highest BCUT2D eigenvalue weighted by atomic mass is 35.5. The number of aliphatic hydroxyl groups is 1. The molecule has 27 heavy (non-hydrogen) atoms. The average molecular weight is 396 g/mol. The molecule has 1 atom stereocenters. The zero-order valence-electron chi connectivity index (χ0n) is 14.2. The fraction of sp³-hybridized carbons (Fsp3) is 0.105. The molecule has 3 aromatic heterocycles. The van der Waals surface area contributed by atoms with E-state index in [4.69, 9.17) is 17.3 Å². The number of nitrogens with zero attached hydrogens (tertiary/aromatic N) is 4. The fourth-order valence-electron chi connectivity index (χ4n) is 2.64. The number of halogens is 1. The molecule has 0 bridgehead atoms. The van der Waals surface area contributed by atoms with Crippen molar-refractivity contribution < 1.29 is 5.11 Å². The molecule has 3 heterocycles. The van der Waals surface area contributed by atoms with Gasteiger partial charge in [-0.3, -0.25) is 4.57 Å². The second-order valence-electron chi connectivity index (χ2n) is 6.02. The van der Waals surface area contributed by atoms with Crippen molar-refractivity contribution in [1.29, 1.82) is 0 Å². The first-order valence-electron chi connectivity index (χ1n) is 7.99. The summed E-state index contributed by atoms with van der Waals surface area (Å²) in [6.45, 7) is 1.63. The Morgan fingerprint density at radius 3 is 2.93 bits per heavy atom. The maximum absolute atomic E-state index is 10.5. The number of nitrogen functional groups attached to an aromatic ring is 1. The van der Waals surface area contributed by atoms with Crippen molar-refractivity contribution in [1.82, 2.24) is 19.5 Å². The van der Waals surface area contributed by atoms with Crippen LogP contribution in [0.5, 0.6) is 0 Å². The van der Waals surface area contributed by atoms with E-state index >= 15 is 0 Å². The van der Waals surface area contributed by atoms with Crippen molar-refractivity contribution >= 4 is 39.8 Å². The zero-order valence-corrected chi connectivity index (χ0v) is 15.8. The van der Waals surface area contributed by atoms with Gasteiger partial charge in [0.2, 0.25) is 5.95 Å². The van der Waals surface area contributed by atoms with Crippen LogP contribution in [-0.4, -0.2) is 24.6 Å². The van der Waals surface area contributed by atoms with Crippen molar-refractivity contribution in [2.45, 2.75) is 12.5 Å². The van der Waals surface area contributed by atoms with Crippen LogP contribution < -0.4 is 5.73 Å². The van der Waals surface area contributed by atoms with Gasteiger partial charge in [0.1, 0.15) is 10.0 Å². The maximum atomic E-state index is 10.5. The molecule has 0 unspecified atom stereocenters. The quantitative estimate of drug-likeness (QED) is 0.508. The van der Waals surface area contributed by atoms with E-state index in [-0.39, 0.29) is 5.95 Å². The first-order valence-corrected chi connectivity index (χ1v) is 9.25. The van der Waals surface area contributed by atoms with Crippen LogP contribution in [0.25, 0.3) is 16.7 Å². The van der Waals surface area contributed by atoms with Crippen LogP contribution in [0, 0.1) is 11.8 Å². The van der Waals surface area contributed by atoms with Crippen molar-refractivity contribution in [2.75, 3.05) is 5.73 Å². The third kappa shape index (κ3) is 3.38. The second-order valence-corrected chi connectivity index (χ2v) is 7.32. The van der Waals surface area contributed by atoms with Crippen molar-refractivity contribution in [3.8, 4) is 17.7 Å². The molecule has 4 aromatic rings. The van der Waals surface area contributed by atoms with E-state index in [9.17, 15) is 5.11 Å². The van der Waals surface area contributed by atoms with Gasteiger partial charge in [0.05, 0.1) is 11.7 Å². The Balaban J connectivity index is 1.78. The Labute approximate surface area is 164 Å². The molecule has 0 aliphatic heterocycles. The highest BCUT2D eigenvalue weighted by molar-refractivity contribution is 7.09. The number of hydrogen-bond acceptors (Lipinski definition) is 6. The van der Waals surface area contributed by atoms with Crippen molar-refractivity contribution in [2.24, 2.45) is 0 Å². The lowest BCUT2D eigenvalue weighted by Gasteiger charge is -2.12. The van der Waals surface area contributed by atoms with Gasteiger partial charge in [0.25, 0.3) is 0 Å². The lowest BCUT2D eigenvalue weighted by molar-refractivity contribution is 0.122. The normalized spacial score (nSPS) is 13.1. The predicted octanol–water partition coefficient (Wildman–Crippen LogP) is 3.37. The summed E-state index contributed by atoms with van der Waals surface area (Å²) in [5.74, 6) is 6.55. The first-order chi connectivity index (χ1) is 12.9. The Kier molecular flexibility index (Phi) is 4.32. The Morgan fingerprint density at radius 1 is 1.30 bits per heavy atom. The fourth-order valence-corrected chi connectivity index (χ4v) is 3.48. The lowest BCUT2D eigenvalue weighted by Crippen LogP contribution is -2.17. The number of fused-ring (bicyclic) bond motifs is 1. The topological polar surface area (TPSA) is 89.8 Å². The summed E-state index contributed by atoms with van der Waals surface area (Å²) < 4.78 is 1.83. The van der Waals surface area contributed by atoms with Crippen LogP contribution in [0.15, 0.2) is 48.2 Å². The highest BCUT2D eigenvalue weighted by Gasteiger charge is 2.22. The second kappa shape index (κ2) is 6.67. The van der Waals surface area contributed by atoms with Crippen LogP contribution in [0.2, 0.25) is 5.02 Å². The molecular formula is C19H14ClN5OS. The largest absolute Gasteiger partial charge is 0.371 e. The molecule has 0 aliphatic rings. The summed E-state index contributed by atoms with van der Waals surface area (Å²) in [5.41, 5.74) is 6.01. The molecule has 0 fully saturated rings. The predicted molar refractivity (Wildman–Crippen MR) is 107 cm³/mol. The van der Waals surface area contributed by atoms with Gasteiger partial charge >= 0.3 is 0 Å². The third-order valence-corrected chi connectivity index (χ3v) is 5.22. The van der Waals surface area contributed by atoms with Crippen LogP contribution >= 0.6 is 22.9 Å². The molecule has 0 radical (unpaired) electrons. The molecular weight excluding hydrogens is 382 g/mol. The van der Waals surface area contributed by atoms with Gasteiger partial charge < -0.3 is 10.8 Å². The van der Waals surface area contributed by atoms with E-state index in [0.29, 0.717) is 15.8 Å². The number of hydrogen-bond donors (Lipinski definition) is 2. The number of anilines is 1. The summed E-state index contributed by atoms with van der Waals surface area (Å²) >= 11 is 7.60. The van der Waals surface area contributed by atoms with Crippen LogP contribution in [0.4, 0.5) is 5.95 Å². The van der Waals surface area contributed by atoms with Crippen molar-refractivity contribution in [3.05, 3.63) is 63.8 Å². The molecule has 3 N–H and O–H groups in total. The Hall–Kier alpha value is -2.92. The maximum Gasteiger partial charge on any atom is 0.222 e. The monoisotopic (exact) mass is 395 g/mol. The summed E-state index contributed by atoms with van der Waals surface area (Å²) in [7, 11) is 0. The van der Waals surface area contributed by atoms with Gasteiger partial charge in [-0.1, -0.05) is 29.5 Å². The summed E-state index contributed by atoms with van der Waals surface area (Å²) in [6, 6.07) is 7.71. The van der Waals surface area contributed by atoms with Gasteiger partial charge in [0.15, 0.2) is 11.4 Å². The standard InChI is InChI=1S/C19H14ClN5OS/c1-19(26,17-22-7-9-27-17)6-4-12-2-3-13-5-8-25(15(13)10-12)16-14(20)11-23-18(21)24-16/h2-3,5,7-11,26H,1H3,(H2,21,23,24)/t19-/m1/s1. The van der Waals surface area contributed by atoms with Gasteiger partial charge in [0, 0.05) is 28.7 Å². The van der Waals surface area contributed by atoms with Crippen LogP contribution in [0.1, 0.15) is 17.5 Å². The molecule has 134 valence electrons. The van der Waals surface area contributed by atoms with Crippen molar-refractivity contribution in [3.63, 3.8) is 0 Å². The minimum absolute atomic E-state index is 0.145. The number of benzene rings is 1. The van der Waals surface area contributed by atoms with Crippen LogP contribution in [-0.2, 0) is 5.60 Å². The Bertz CT molecular complexity index is 1190. The molecule has 6 nitrogen and oxygen atoms in total. The summed E-state index contributed by atoms with van der Waals surface area (Å²) in [4.78, 5) is 12.3. The Morgan fingerprint density at radius 2 is 2.15 bits per heavy atom. The van der Waals surface area contributed by atoms with E-state index in [1.807, 2.05) is 40.4 Å². The van der Waals surface area contributed by atoms with E-state index < -0.39 is 5.60 Å². The van der Waals surface area contributed by atoms with E-state index in [2.05, 4.69) is 26.8 Å². The molecule has 4 rings (SSSR count). The molecule has 0 aliphatic carbocycles. The SMILES string of the molecule is C[C@@](O)(C#Cc1ccc2ccn(-c3nc(N)ncc3Cl)c2c1)c1nccs1. The molecule has 0 spiro atoms. The van der Waals surface area contributed by atoms with Gasteiger partial charge in [-0.2, -0.15) is 4.98 Å².